The van der Waals surface area contributed by atoms with E-state index in [1.807, 2.05) is 95.1 Å². The molecule has 0 saturated carbocycles. The number of anilines is 1. The van der Waals surface area contributed by atoms with Gasteiger partial charge in [-0.25, -0.2) is 4.79 Å². The van der Waals surface area contributed by atoms with E-state index in [0.29, 0.717) is 69.4 Å². The number of benzene rings is 2. The summed E-state index contributed by atoms with van der Waals surface area (Å²) in [5, 5.41) is 8.89. The Morgan fingerprint density at radius 2 is 1.47 bits per heavy atom. The van der Waals surface area contributed by atoms with E-state index in [-0.39, 0.29) is 66.5 Å². The Kier molecular flexibility index (Phi) is 24.3. The fourth-order valence-electron chi connectivity index (χ4n) is 10.2. The highest BCUT2D eigenvalue weighted by Crippen LogP contribution is 2.30. The van der Waals surface area contributed by atoms with E-state index in [2.05, 4.69) is 22.5 Å². The number of ether oxygens (including phenoxy) is 3. The van der Waals surface area contributed by atoms with E-state index in [1.165, 1.54) is 43.3 Å². The molecule has 2 aromatic rings. The summed E-state index contributed by atoms with van der Waals surface area (Å²) in [6, 6.07) is 13.0. The van der Waals surface area contributed by atoms with Crippen LogP contribution in [0.4, 0.5) is 5.69 Å². The Balaban J connectivity index is 1.40. The van der Waals surface area contributed by atoms with E-state index < -0.39 is 60.2 Å². The normalized spacial score (nSPS) is 17.3. The molecule has 18 nitrogen and oxygen atoms in total. The second kappa shape index (κ2) is 29.7. The first kappa shape index (κ1) is 61.3. The maximum Gasteiger partial charge on any atom is 0.328 e. The van der Waals surface area contributed by atoms with Crippen LogP contribution in [-0.4, -0.2) is 158 Å². The standard InChI is InChI=1S/C57H83N7O11/c1-13-38(6)52(45(73-10)34-49(68)63-31-21-26-44(63)53(74-11)39(7)54(69)59-43(57(72)75-12)33-40-22-16-14-17-23-40)62(9)56(71)50(36(2)3)60-55(70)51(37(4)5)61(8)35-41-24-20-25-42(32-41)58-46(65)27-18-15-19-30-64-47(66)28-29-48(64)67/h14,16-17,20,22-25,28-29,32,36-37,39,43-45,50-53H,6,13,15,18-19,21,26-27,30-31,33-35H2,1-5,7-12H3,(H,58,65)(H,59,69)(H,60,70)/t39-,43+,44+,45-,50+,51+,52+,53-/m1/s1. The predicted octanol–water partition coefficient (Wildman–Crippen LogP) is 5.45. The number of likely N-dealkylation sites (tertiary alicyclic amines) is 1. The van der Waals surface area contributed by atoms with E-state index in [1.54, 1.807) is 24.9 Å². The molecule has 0 bridgehead atoms. The Morgan fingerprint density at radius 3 is 2.07 bits per heavy atom. The van der Waals surface area contributed by atoms with Crippen molar-refractivity contribution in [1.29, 1.82) is 0 Å². The third-order valence-electron chi connectivity index (χ3n) is 14.4. The van der Waals surface area contributed by atoms with Gasteiger partial charge in [-0.05, 0) is 74.2 Å². The highest BCUT2D eigenvalue weighted by molar-refractivity contribution is 6.12. The fourth-order valence-corrected chi connectivity index (χ4v) is 10.2. The monoisotopic (exact) mass is 1040 g/mol. The van der Waals surface area contributed by atoms with Crippen LogP contribution in [0.2, 0.25) is 0 Å². The number of unbranched alkanes of at least 4 members (excludes halogenated alkanes) is 2. The molecule has 412 valence electrons. The van der Waals surface area contributed by atoms with Crippen LogP contribution >= 0.6 is 0 Å². The summed E-state index contributed by atoms with van der Waals surface area (Å²) in [6.45, 7) is 16.7. The number of rotatable bonds is 30. The molecule has 0 radical (unpaired) electrons. The number of hydrogen-bond acceptors (Lipinski definition) is 12. The maximum absolute atomic E-state index is 14.7. The zero-order valence-corrected chi connectivity index (χ0v) is 46.1. The first-order chi connectivity index (χ1) is 35.7. The molecule has 3 N–H and O–H groups in total. The molecule has 0 aliphatic carbocycles. The van der Waals surface area contributed by atoms with E-state index in [4.69, 9.17) is 14.2 Å². The molecule has 75 heavy (non-hydrogen) atoms. The van der Waals surface area contributed by atoms with Crippen molar-refractivity contribution in [1.82, 2.24) is 30.2 Å². The van der Waals surface area contributed by atoms with Crippen molar-refractivity contribution in [3.8, 4) is 0 Å². The van der Waals surface area contributed by atoms with Crippen molar-refractivity contribution < 1.29 is 52.6 Å². The second-order valence-corrected chi connectivity index (χ2v) is 20.5. The maximum atomic E-state index is 14.7. The Hall–Kier alpha value is -6.24. The average Bonchev–Trinajstić information content (AvgIpc) is 3.99. The lowest BCUT2D eigenvalue weighted by atomic mass is 9.92. The molecule has 8 atom stereocenters. The minimum absolute atomic E-state index is 0.109. The molecule has 18 heteroatoms. The lowest BCUT2D eigenvalue weighted by Crippen LogP contribution is -2.59. The average molecular weight is 1040 g/mol. The van der Waals surface area contributed by atoms with Crippen molar-refractivity contribution in [3.05, 3.63) is 90.0 Å². The van der Waals surface area contributed by atoms with Gasteiger partial charge in [-0.15, -0.1) is 0 Å². The summed E-state index contributed by atoms with van der Waals surface area (Å²) in [5.41, 5.74) is 2.99. The number of nitrogens with zero attached hydrogens (tertiary/aromatic N) is 4. The topological polar surface area (TPSA) is 213 Å². The molecular formula is C57H83N7O11. The SMILES string of the molecule is C=C(CC)[C@@H]([C@@H](CC(=O)N1CCC[C@H]1[C@H](OC)[C@@H](C)C(=O)N[C@@H](Cc1ccccc1)C(=O)OC)OC)N(C)C(=O)[C@@H](NC(=O)[C@H](C(C)C)N(C)Cc1cccc(NC(=O)CCCCCN2C(=O)C=CC2=O)c1)C(C)C. The van der Waals surface area contributed by atoms with Gasteiger partial charge in [0.05, 0.1) is 49.8 Å². The first-order valence-corrected chi connectivity index (χ1v) is 26.3. The van der Waals surface area contributed by atoms with Crippen molar-refractivity contribution in [2.24, 2.45) is 17.8 Å². The van der Waals surface area contributed by atoms with Crippen molar-refractivity contribution in [2.75, 3.05) is 53.8 Å². The molecule has 2 aliphatic heterocycles. The molecule has 7 amide bonds. The van der Waals surface area contributed by atoms with Gasteiger partial charge < -0.3 is 40.0 Å². The lowest BCUT2D eigenvalue weighted by molar-refractivity contribution is -0.148. The minimum Gasteiger partial charge on any atom is -0.467 e. The molecule has 4 rings (SSSR count). The molecule has 2 heterocycles. The number of carbonyl (C=O) groups is 8. The summed E-state index contributed by atoms with van der Waals surface area (Å²) < 4.78 is 17.0. The van der Waals surface area contributed by atoms with E-state index in [0.717, 1.165) is 11.1 Å². The van der Waals surface area contributed by atoms with Gasteiger partial charge in [0.2, 0.25) is 29.5 Å². The van der Waals surface area contributed by atoms with E-state index >= 15 is 0 Å². The largest absolute Gasteiger partial charge is 0.467 e. The lowest BCUT2D eigenvalue weighted by Gasteiger charge is -2.39. The molecular weight excluding hydrogens is 959 g/mol. The smallest absolute Gasteiger partial charge is 0.328 e. The van der Waals surface area contributed by atoms with Crippen LogP contribution in [0.15, 0.2) is 78.9 Å². The van der Waals surface area contributed by atoms with Gasteiger partial charge in [-0.2, -0.15) is 0 Å². The molecule has 1 saturated heterocycles. The highest BCUT2D eigenvalue weighted by Gasteiger charge is 2.43. The fraction of sp³-hybridized carbons (Fsp3) is 0.579. The second-order valence-electron chi connectivity index (χ2n) is 20.5. The Bertz CT molecular complexity index is 2300. The summed E-state index contributed by atoms with van der Waals surface area (Å²) in [7, 11) is 7.76. The van der Waals surface area contributed by atoms with Crippen LogP contribution in [0.3, 0.4) is 0 Å². The summed E-state index contributed by atoms with van der Waals surface area (Å²) >= 11 is 0. The van der Waals surface area contributed by atoms with Crippen LogP contribution in [0.25, 0.3) is 0 Å². The molecule has 0 spiro atoms. The van der Waals surface area contributed by atoms with Crippen LogP contribution < -0.4 is 16.0 Å². The van der Waals surface area contributed by atoms with Gasteiger partial charge in [0.15, 0.2) is 0 Å². The first-order valence-electron chi connectivity index (χ1n) is 26.3. The quantitative estimate of drug-likeness (QED) is 0.0386. The minimum atomic E-state index is -0.942. The number of esters is 1. The summed E-state index contributed by atoms with van der Waals surface area (Å²) in [6.07, 6.45) is 5.02. The number of methoxy groups -OCH3 is 3. The number of imide groups is 1. The van der Waals surface area contributed by atoms with Crippen LogP contribution in [0.1, 0.15) is 104 Å². The van der Waals surface area contributed by atoms with Crippen molar-refractivity contribution >= 4 is 53.0 Å². The number of nitrogens with one attached hydrogen (secondary N) is 3. The molecule has 0 unspecified atom stereocenters. The number of hydrogen-bond donors (Lipinski definition) is 3. The molecule has 2 aromatic carbocycles. The van der Waals surface area contributed by atoms with E-state index in [9.17, 15) is 38.4 Å². The molecule has 1 fully saturated rings. The highest BCUT2D eigenvalue weighted by atomic mass is 16.5. The van der Waals surface area contributed by atoms with Gasteiger partial charge in [0.1, 0.15) is 12.1 Å². The van der Waals surface area contributed by atoms with Gasteiger partial charge in [-0.3, -0.25) is 43.4 Å². The van der Waals surface area contributed by atoms with Crippen LogP contribution in [-0.2, 0) is 65.5 Å². The Labute approximate surface area is 444 Å². The summed E-state index contributed by atoms with van der Waals surface area (Å²) in [4.78, 5) is 113. The number of carbonyl (C=O) groups excluding carboxylic acids is 8. The van der Waals surface area contributed by atoms with Crippen LogP contribution in [0, 0.1) is 17.8 Å². The number of amides is 7. The van der Waals surface area contributed by atoms with Crippen molar-refractivity contribution in [2.45, 2.75) is 148 Å². The third-order valence-corrected chi connectivity index (χ3v) is 14.4. The van der Waals surface area contributed by atoms with Crippen LogP contribution in [0.5, 0.6) is 0 Å². The zero-order valence-electron chi connectivity index (χ0n) is 46.1. The Morgan fingerprint density at radius 1 is 0.800 bits per heavy atom. The van der Waals surface area contributed by atoms with Gasteiger partial charge in [0, 0.05) is 71.6 Å². The predicted molar refractivity (Wildman–Crippen MR) is 286 cm³/mol. The molecule has 2 aliphatic rings. The van der Waals surface area contributed by atoms with Gasteiger partial charge in [-0.1, -0.05) is 103 Å². The molecule has 0 aromatic heterocycles. The summed E-state index contributed by atoms with van der Waals surface area (Å²) in [5.74, 6) is -3.96. The van der Waals surface area contributed by atoms with Gasteiger partial charge >= 0.3 is 5.97 Å². The number of likely N-dealkylation sites (N-methyl/N-ethyl adjacent to an activating group) is 2. The van der Waals surface area contributed by atoms with Crippen molar-refractivity contribution in [3.63, 3.8) is 0 Å². The third kappa shape index (κ3) is 17.1. The van der Waals surface area contributed by atoms with Gasteiger partial charge in [0.25, 0.3) is 11.8 Å². The zero-order chi connectivity index (χ0) is 55.5.